The number of aliphatic hydroxyl groups excluding tert-OH is 1. The van der Waals surface area contributed by atoms with Crippen molar-refractivity contribution in [2.75, 3.05) is 17.7 Å². The van der Waals surface area contributed by atoms with Crippen LogP contribution in [0.2, 0.25) is 0 Å². The van der Waals surface area contributed by atoms with E-state index in [1.807, 2.05) is 0 Å². The van der Waals surface area contributed by atoms with Crippen molar-refractivity contribution in [3.63, 3.8) is 0 Å². The summed E-state index contributed by atoms with van der Waals surface area (Å²) in [4.78, 5) is 29.9. The predicted molar refractivity (Wildman–Crippen MR) is 112 cm³/mol. The standard InChI is InChI=1S/C20H22FN7O3/c1-22-17-8-16(24-13-3-2-6-27(20(13)31)14-7-11(14)21)26-18-10(9-23-28(17)18)19(30)25-12-4-5-15(12)29/h2-3,6,8-9,11-12,14-15,22,29H,4-5,7H2,1H3,(H,24,26)(H,25,30)/t11-,12-,14-,15-/m1/s1. The minimum Gasteiger partial charge on any atom is -0.391 e. The largest absolute Gasteiger partial charge is 0.391 e. The number of hydrogen-bond acceptors (Lipinski definition) is 7. The normalized spacial score (nSPS) is 24.5. The van der Waals surface area contributed by atoms with E-state index in [1.165, 1.54) is 15.3 Å². The summed E-state index contributed by atoms with van der Waals surface area (Å²) < 4.78 is 16.3. The number of carbonyl (C=O) groups is 1. The molecule has 0 aliphatic heterocycles. The van der Waals surface area contributed by atoms with Gasteiger partial charge in [-0.15, -0.1) is 0 Å². The van der Waals surface area contributed by atoms with E-state index in [1.54, 1.807) is 31.4 Å². The molecule has 2 saturated carbocycles. The Bertz CT molecular complexity index is 1220. The number of halogens is 1. The van der Waals surface area contributed by atoms with Gasteiger partial charge in [-0.25, -0.2) is 9.37 Å². The predicted octanol–water partition coefficient (Wildman–Crippen LogP) is 1.21. The zero-order valence-electron chi connectivity index (χ0n) is 16.7. The summed E-state index contributed by atoms with van der Waals surface area (Å²) in [5, 5.41) is 22.7. The van der Waals surface area contributed by atoms with Gasteiger partial charge in [-0.2, -0.15) is 9.61 Å². The first-order valence-corrected chi connectivity index (χ1v) is 10.1. The highest BCUT2D eigenvalue weighted by atomic mass is 19.1. The van der Waals surface area contributed by atoms with E-state index in [9.17, 15) is 19.1 Å². The van der Waals surface area contributed by atoms with Crippen LogP contribution in [0.5, 0.6) is 0 Å². The summed E-state index contributed by atoms with van der Waals surface area (Å²) in [6.07, 6.45) is 3.16. The van der Waals surface area contributed by atoms with Gasteiger partial charge in [0.25, 0.3) is 11.5 Å². The fraction of sp³-hybridized carbons (Fsp3) is 0.400. The summed E-state index contributed by atoms with van der Waals surface area (Å²) in [7, 11) is 1.70. The molecule has 1 amide bonds. The first kappa shape index (κ1) is 19.5. The number of carbonyl (C=O) groups excluding carboxylic acids is 1. The number of amides is 1. The topological polar surface area (TPSA) is 126 Å². The minimum atomic E-state index is -1.000. The molecule has 11 heteroatoms. The number of alkyl halides is 1. The second-order valence-electron chi connectivity index (χ2n) is 7.87. The molecule has 4 N–H and O–H groups in total. The van der Waals surface area contributed by atoms with Gasteiger partial charge >= 0.3 is 0 Å². The molecule has 5 rings (SSSR count). The molecule has 0 spiro atoms. The zero-order chi connectivity index (χ0) is 21.7. The highest BCUT2D eigenvalue weighted by molar-refractivity contribution is 6.00. The first-order chi connectivity index (χ1) is 15.0. The number of nitrogens with one attached hydrogen (secondary N) is 3. The van der Waals surface area contributed by atoms with E-state index >= 15 is 0 Å². The number of hydrogen-bond donors (Lipinski definition) is 4. The summed E-state index contributed by atoms with van der Waals surface area (Å²) in [5.74, 6) is 0.505. The van der Waals surface area contributed by atoms with E-state index in [0.29, 0.717) is 30.1 Å². The second kappa shape index (κ2) is 7.34. The summed E-state index contributed by atoms with van der Waals surface area (Å²) in [6, 6.07) is 4.22. The number of nitrogens with zero attached hydrogens (tertiary/aromatic N) is 4. The van der Waals surface area contributed by atoms with Gasteiger partial charge < -0.3 is 25.6 Å². The summed E-state index contributed by atoms with van der Waals surface area (Å²) >= 11 is 0. The number of anilines is 3. The lowest BCUT2D eigenvalue weighted by molar-refractivity contribution is 0.0448. The van der Waals surface area contributed by atoms with Crippen LogP contribution in [0.15, 0.2) is 35.4 Å². The van der Waals surface area contributed by atoms with E-state index in [-0.39, 0.29) is 28.8 Å². The molecule has 0 unspecified atom stereocenters. The average molecular weight is 427 g/mol. The van der Waals surface area contributed by atoms with Crippen LogP contribution in [0.3, 0.4) is 0 Å². The van der Waals surface area contributed by atoms with Crippen molar-refractivity contribution in [2.24, 2.45) is 0 Å². The van der Waals surface area contributed by atoms with Gasteiger partial charge in [0, 0.05) is 25.7 Å². The first-order valence-electron chi connectivity index (χ1n) is 10.1. The Hall–Kier alpha value is -3.47. The molecular weight excluding hydrogens is 405 g/mol. The maximum atomic E-state index is 13.4. The van der Waals surface area contributed by atoms with Crippen LogP contribution < -0.4 is 21.5 Å². The van der Waals surface area contributed by atoms with Gasteiger partial charge in [0.2, 0.25) is 0 Å². The van der Waals surface area contributed by atoms with Gasteiger partial charge in [0.05, 0.1) is 24.4 Å². The molecule has 3 aromatic rings. The molecule has 0 bridgehead atoms. The third kappa shape index (κ3) is 3.40. The Kier molecular flexibility index (Phi) is 4.62. The van der Waals surface area contributed by atoms with Crippen LogP contribution >= 0.6 is 0 Å². The Morgan fingerprint density at radius 2 is 2.16 bits per heavy atom. The smallest absolute Gasteiger partial charge is 0.274 e. The minimum absolute atomic E-state index is 0.253. The monoisotopic (exact) mass is 427 g/mol. The van der Waals surface area contributed by atoms with Crippen LogP contribution in [0.1, 0.15) is 35.7 Å². The fourth-order valence-corrected chi connectivity index (χ4v) is 3.71. The second-order valence-corrected chi connectivity index (χ2v) is 7.87. The fourth-order valence-electron chi connectivity index (χ4n) is 3.71. The highest BCUT2D eigenvalue weighted by Crippen LogP contribution is 2.37. The van der Waals surface area contributed by atoms with E-state index in [2.05, 4.69) is 26.0 Å². The van der Waals surface area contributed by atoms with Crippen molar-refractivity contribution in [3.8, 4) is 0 Å². The highest BCUT2D eigenvalue weighted by Gasteiger charge is 2.39. The van der Waals surface area contributed by atoms with Crippen molar-refractivity contribution in [1.29, 1.82) is 0 Å². The van der Waals surface area contributed by atoms with Crippen molar-refractivity contribution in [1.82, 2.24) is 24.5 Å². The summed E-state index contributed by atoms with van der Waals surface area (Å²) in [6.45, 7) is 0. The number of aromatic nitrogens is 4. The van der Waals surface area contributed by atoms with Crippen LogP contribution in [-0.2, 0) is 0 Å². The van der Waals surface area contributed by atoms with Crippen LogP contribution in [0.25, 0.3) is 5.65 Å². The van der Waals surface area contributed by atoms with Gasteiger partial charge in [-0.1, -0.05) is 0 Å². The molecule has 10 nitrogen and oxygen atoms in total. The summed E-state index contributed by atoms with van der Waals surface area (Å²) in [5.41, 5.74) is 0.459. The molecule has 31 heavy (non-hydrogen) atoms. The van der Waals surface area contributed by atoms with Gasteiger partial charge in [0.1, 0.15) is 29.1 Å². The number of rotatable bonds is 6. The molecule has 2 fully saturated rings. The Labute approximate surface area is 176 Å². The molecule has 3 aromatic heterocycles. The van der Waals surface area contributed by atoms with E-state index in [4.69, 9.17) is 0 Å². The molecule has 0 aromatic carbocycles. The third-order valence-electron chi connectivity index (χ3n) is 5.80. The molecule has 162 valence electrons. The van der Waals surface area contributed by atoms with Crippen molar-refractivity contribution >= 4 is 28.9 Å². The SMILES string of the molecule is CNc1cc(Nc2cccn([C@@H]3C[C@H]3F)c2=O)nc2c(C(=O)N[C@@H]3CC[C@H]3O)cnn12. The molecular formula is C20H22FN7O3. The van der Waals surface area contributed by atoms with Crippen molar-refractivity contribution in [2.45, 2.75) is 43.6 Å². The van der Waals surface area contributed by atoms with Crippen LogP contribution in [-0.4, -0.2) is 55.5 Å². The third-order valence-corrected chi connectivity index (χ3v) is 5.80. The van der Waals surface area contributed by atoms with Crippen LogP contribution in [0.4, 0.5) is 21.7 Å². The van der Waals surface area contributed by atoms with E-state index in [0.717, 1.165) is 6.42 Å². The quantitative estimate of drug-likeness (QED) is 0.466. The Morgan fingerprint density at radius 1 is 1.35 bits per heavy atom. The number of pyridine rings is 1. The maximum Gasteiger partial charge on any atom is 0.274 e. The zero-order valence-corrected chi connectivity index (χ0v) is 16.7. The molecule has 2 aliphatic rings. The van der Waals surface area contributed by atoms with Crippen molar-refractivity contribution in [3.05, 3.63) is 46.5 Å². The average Bonchev–Trinajstić information content (AvgIpc) is 3.32. The van der Waals surface area contributed by atoms with Gasteiger partial charge in [0.15, 0.2) is 5.65 Å². The Morgan fingerprint density at radius 3 is 2.81 bits per heavy atom. The molecule has 0 radical (unpaired) electrons. The lowest BCUT2D eigenvalue weighted by Gasteiger charge is -2.32. The molecule has 0 saturated heterocycles. The van der Waals surface area contributed by atoms with E-state index < -0.39 is 18.3 Å². The van der Waals surface area contributed by atoms with Gasteiger partial charge in [-0.05, 0) is 25.0 Å². The lowest BCUT2D eigenvalue weighted by Crippen LogP contribution is -2.50. The maximum absolute atomic E-state index is 13.4. The number of fused-ring (bicyclic) bond motifs is 1. The van der Waals surface area contributed by atoms with Crippen molar-refractivity contribution < 1.29 is 14.3 Å². The number of aliphatic hydroxyl groups is 1. The molecule has 3 heterocycles. The molecule has 2 aliphatic carbocycles. The van der Waals surface area contributed by atoms with Gasteiger partial charge in [-0.3, -0.25) is 9.59 Å². The Balaban J connectivity index is 1.48. The lowest BCUT2D eigenvalue weighted by atomic mass is 9.89. The van der Waals surface area contributed by atoms with Crippen LogP contribution in [0, 0.1) is 0 Å². The molecule has 4 atom stereocenters.